The number of hydrogen-bond donors (Lipinski definition) is 1. The fourth-order valence-electron chi connectivity index (χ4n) is 2.59. The molecule has 0 saturated heterocycles. The Morgan fingerprint density at radius 3 is 2.65 bits per heavy atom. The topological polar surface area (TPSA) is 29.3 Å². The lowest BCUT2D eigenvalue weighted by Gasteiger charge is -2.31. The molecule has 1 fully saturated rings. The van der Waals surface area contributed by atoms with Crippen LogP contribution in [0.4, 0.5) is 4.39 Å². The van der Waals surface area contributed by atoms with Crippen LogP contribution < -0.4 is 5.73 Å². The van der Waals surface area contributed by atoms with E-state index in [2.05, 4.69) is 11.8 Å². The summed E-state index contributed by atoms with van der Waals surface area (Å²) in [5.74, 6) is -0.170. The summed E-state index contributed by atoms with van der Waals surface area (Å²) in [6.07, 6.45) is 2.54. The maximum atomic E-state index is 13.1. The first-order valence-corrected chi connectivity index (χ1v) is 6.39. The molecule has 1 saturated carbocycles. The van der Waals surface area contributed by atoms with E-state index < -0.39 is 0 Å². The molecule has 1 aliphatic rings. The van der Waals surface area contributed by atoms with Crippen molar-refractivity contribution in [1.29, 1.82) is 0 Å². The van der Waals surface area contributed by atoms with Gasteiger partial charge in [-0.05, 0) is 49.6 Å². The largest absolute Gasteiger partial charge is 0.329 e. The van der Waals surface area contributed by atoms with Crippen LogP contribution in [0, 0.1) is 12.7 Å². The zero-order chi connectivity index (χ0) is 12.4. The van der Waals surface area contributed by atoms with E-state index in [1.165, 1.54) is 24.5 Å². The lowest BCUT2D eigenvalue weighted by atomic mass is 9.99. The molecule has 0 bridgehead atoms. The number of hydrogen-bond acceptors (Lipinski definition) is 2. The van der Waals surface area contributed by atoms with Crippen LogP contribution in [0.25, 0.3) is 0 Å². The van der Waals surface area contributed by atoms with Gasteiger partial charge in [-0.2, -0.15) is 0 Å². The van der Waals surface area contributed by atoms with Gasteiger partial charge in [0, 0.05) is 18.6 Å². The summed E-state index contributed by atoms with van der Waals surface area (Å²) < 4.78 is 13.1. The van der Waals surface area contributed by atoms with E-state index >= 15 is 0 Å². The molecule has 0 heterocycles. The first-order valence-electron chi connectivity index (χ1n) is 6.39. The number of likely N-dealkylation sites (N-methyl/N-ethyl adjacent to an activating group) is 1. The van der Waals surface area contributed by atoms with Crippen molar-refractivity contribution in [3.63, 3.8) is 0 Å². The first kappa shape index (κ1) is 12.5. The second kappa shape index (κ2) is 5.15. The Bertz CT molecular complexity index is 388. The van der Waals surface area contributed by atoms with Crippen molar-refractivity contribution in [1.82, 2.24) is 4.90 Å². The van der Waals surface area contributed by atoms with Gasteiger partial charge in [0.15, 0.2) is 0 Å². The van der Waals surface area contributed by atoms with Gasteiger partial charge in [0.05, 0.1) is 0 Å². The maximum absolute atomic E-state index is 13.1. The van der Waals surface area contributed by atoms with Gasteiger partial charge in [0.1, 0.15) is 5.82 Å². The zero-order valence-electron chi connectivity index (χ0n) is 10.6. The average Bonchev–Trinajstić information content (AvgIpc) is 3.11. The van der Waals surface area contributed by atoms with Gasteiger partial charge in [-0.15, -0.1) is 0 Å². The molecule has 1 aromatic rings. The van der Waals surface area contributed by atoms with Gasteiger partial charge in [0.25, 0.3) is 0 Å². The van der Waals surface area contributed by atoms with Crippen LogP contribution in [0.5, 0.6) is 0 Å². The minimum Gasteiger partial charge on any atom is -0.329 e. The van der Waals surface area contributed by atoms with E-state index in [9.17, 15) is 4.39 Å². The highest BCUT2D eigenvalue weighted by atomic mass is 19.1. The normalized spacial score (nSPS) is 17.5. The molecule has 0 spiro atoms. The number of nitrogens with zero attached hydrogens (tertiary/aromatic N) is 1. The van der Waals surface area contributed by atoms with Gasteiger partial charge in [-0.25, -0.2) is 4.39 Å². The summed E-state index contributed by atoms with van der Waals surface area (Å²) in [5, 5.41) is 0. The average molecular weight is 236 g/mol. The summed E-state index contributed by atoms with van der Waals surface area (Å²) in [7, 11) is 0. The van der Waals surface area contributed by atoms with Gasteiger partial charge < -0.3 is 5.73 Å². The lowest BCUT2D eigenvalue weighted by Crippen LogP contribution is -2.35. The summed E-state index contributed by atoms with van der Waals surface area (Å²) in [6, 6.07) is 5.92. The monoisotopic (exact) mass is 236 g/mol. The number of rotatable bonds is 5. The van der Waals surface area contributed by atoms with Crippen molar-refractivity contribution < 1.29 is 4.39 Å². The molecule has 1 atom stereocenters. The molecule has 0 aliphatic heterocycles. The molecule has 3 heteroatoms. The molecule has 94 valence electrons. The fourth-order valence-corrected chi connectivity index (χ4v) is 2.59. The Balaban J connectivity index is 2.26. The fraction of sp³-hybridized carbons (Fsp3) is 0.571. The third kappa shape index (κ3) is 2.67. The summed E-state index contributed by atoms with van der Waals surface area (Å²) in [5.41, 5.74) is 8.09. The van der Waals surface area contributed by atoms with Crippen LogP contribution in [0.3, 0.4) is 0 Å². The second-order valence-corrected chi connectivity index (χ2v) is 4.81. The number of halogens is 1. The van der Waals surface area contributed by atoms with Crippen molar-refractivity contribution in [3.05, 3.63) is 35.1 Å². The first-order chi connectivity index (χ1) is 8.17. The highest BCUT2D eigenvalue weighted by Crippen LogP contribution is 2.34. The Hall–Kier alpha value is -0.930. The second-order valence-electron chi connectivity index (χ2n) is 4.81. The van der Waals surface area contributed by atoms with Crippen molar-refractivity contribution in [2.45, 2.75) is 38.8 Å². The van der Waals surface area contributed by atoms with Crippen molar-refractivity contribution in [3.8, 4) is 0 Å². The van der Waals surface area contributed by atoms with Gasteiger partial charge >= 0.3 is 0 Å². The molecule has 0 aromatic heterocycles. The minimum atomic E-state index is -0.170. The van der Waals surface area contributed by atoms with Crippen molar-refractivity contribution in [2.75, 3.05) is 13.1 Å². The van der Waals surface area contributed by atoms with Crippen molar-refractivity contribution in [2.24, 2.45) is 5.73 Å². The van der Waals surface area contributed by atoms with Crippen molar-refractivity contribution >= 4 is 0 Å². The smallest absolute Gasteiger partial charge is 0.123 e. The van der Waals surface area contributed by atoms with Crippen LogP contribution in [0.1, 0.15) is 36.9 Å². The van der Waals surface area contributed by atoms with Gasteiger partial charge in [-0.1, -0.05) is 13.0 Å². The van der Waals surface area contributed by atoms with E-state index in [1.54, 1.807) is 6.07 Å². The van der Waals surface area contributed by atoms with Crippen LogP contribution in [-0.2, 0) is 0 Å². The summed E-state index contributed by atoms with van der Waals surface area (Å²) >= 11 is 0. The number of nitrogens with two attached hydrogens (primary N) is 1. The Labute approximate surface area is 103 Å². The molecule has 2 N–H and O–H groups in total. The quantitative estimate of drug-likeness (QED) is 0.851. The molecule has 1 aliphatic carbocycles. The maximum Gasteiger partial charge on any atom is 0.123 e. The van der Waals surface area contributed by atoms with Crippen LogP contribution in [-0.4, -0.2) is 24.0 Å². The third-order valence-corrected chi connectivity index (χ3v) is 3.60. The predicted molar refractivity (Wildman–Crippen MR) is 68.3 cm³/mol. The Morgan fingerprint density at radius 2 is 2.18 bits per heavy atom. The summed E-state index contributed by atoms with van der Waals surface area (Å²) in [4.78, 5) is 2.44. The molecular weight excluding hydrogens is 215 g/mol. The molecule has 1 unspecified atom stereocenters. The lowest BCUT2D eigenvalue weighted by molar-refractivity contribution is 0.201. The van der Waals surface area contributed by atoms with Crippen LogP contribution in [0.15, 0.2) is 18.2 Å². The molecule has 2 nitrogen and oxygen atoms in total. The summed E-state index contributed by atoms with van der Waals surface area (Å²) in [6.45, 7) is 5.72. The van der Waals surface area contributed by atoms with E-state index in [1.807, 2.05) is 13.0 Å². The Morgan fingerprint density at radius 1 is 1.47 bits per heavy atom. The SMILES string of the molecule is CCN(C1CC1)C(CN)c1ccc(F)cc1C. The molecule has 0 amide bonds. The molecular formula is C14H21FN2. The molecule has 2 rings (SSSR count). The van der Waals surface area contributed by atoms with Crippen LogP contribution in [0.2, 0.25) is 0 Å². The van der Waals surface area contributed by atoms with E-state index in [-0.39, 0.29) is 11.9 Å². The third-order valence-electron chi connectivity index (χ3n) is 3.60. The standard InChI is InChI=1S/C14H21FN2/c1-3-17(12-5-6-12)14(9-16)13-7-4-11(15)8-10(13)2/h4,7-8,12,14H,3,5-6,9,16H2,1-2H3. The van der Waals surface area contributed by atoms with Gasteiger partial charge in [0.2, 0.25) is 0 Å². The predicted octanol–water partition coefficient (Wildman–Crippen LogP) is 2.62. The number of aryl methyl sites for hydroxylation is 1. The highest BCUT2D eigenvalue weighted by molar-refractivity contribution is 5.30. The van der Waals surface area contributed by atoms with E-state index in [0.717, 1.165) is 12.1 Å². The number of benzene rings is 1. The highest BCUT2D eigenvalue weighted by Gasteiger charge is 2.33. The van der Waals surface area contributed by atoms with Crippen LogP contribution >= 0.6 is 0 Å². The Kier molecular flexibility index (Phi) is 3.79. The zero-order valence-corrected chi connectivity index (χ0v) is 10.6. The van der Waals surface area contributed by atoms with E-state index in [0.29, 0.717) is 12.6 Å². The molecule has 0 radical (unpaired) electrons. The minimum absolute atomic E-state index is 0.170. The van der Waals surface area contributed by atoms with E-state index in [4.69, 9.17) is 5.73 Å². The molecule has 1 aromatic carbocycles. The molecule has 17 heavy (non-hydrogen) atoms. The van der Waals surface area contributed by atoms with Gasteiger partial charge in [-0.3, -0.25) is 4.90 Å².